The minimum atomic E-state index is -4.59. The van der Waals surface area contributed by atoms with Crippen molar-refractivity contribution in [3.05, 3.63) is 87.1 Å². The van der Waals surface area contributed by atoms with Crippen molar-refractivity contribution in [3.63, 3.8) is 0 Å². The van der Waals surface area contributed by atoms with Crippen LogP contribution in [0.15, 0.2) is 53.5 Å². The number of hydrogen-bond donors (Lipinski definition) is 1. The molecule has 4 rings (SSSR count). The molecular formula is C22H17F4N3O2. The van der Waals surface area contributed by atoms with E-state index in [0.29, 0.717) is 22.5 Å². The molecule has 0 aliphatic carbocycles. The Morgan fingerprint density at radius 1 is 0.935 bits per heavy atom. The van der Waals surface area contributed by atoms with E-state index in [4.69, 9.17) is 0 Å². The first-order chi connectivity index (χ1) is 14.6. The molecule has 1 aliphatic heterocycles. The zero-order valence-corrected chi connectivity index (χ0v) is 16.5. The molecule has 0 saturated heterocycles. The molecule has 2 heterocycles. The number of halogens is 4. The Hall–Kier alpha value is -3.62. The lowest BCUT2D eigenvalue weighted by Gasteiger charge is -2.39. The molecule has 5 nitrogen and oxygen atoms in total. The van der Waals surface area contributed by atoms with Crippen LogP contribution >= 0.6 is 0 Å². The maximum atomic E-state index is 13.9. The molecule has 9 heteroatoms. The smallest absolute Gasteiger partial charge is 0.327 e. The van der Waals surface area contributed by atoms with E-state index in [-0.39, 0.29) is 23.5 Å². The van der Waals surface area contributed by atoms with Crippen molar-refractivity contribution < 1.29 is 22.4 Å². The summed E-state index contributed by atoms with van der Waals surface area (Å²) in [5.74, 6) is -0.974. The van der Waals surface area contributed by atoms with Crippen molar-refractivity contribution in [1.82, 2.24) is 4.98 Å². The molecule has 0 atom stereocenters. The predicted molar refractivity (Wildman–Crippen MR) is 108 cm³/mol. The first-order valence-electron chi connectivity index (χ1n) is 9.32. The quantitative estimate of drug-likeness (QED) is 0.587. The van der Waals surface area contributed by atoms with Gasteiger partial charge in [-0.25, -0.2) is 4.39 Å². The molecule has 31 heavy (non-hydrogen) atoms. The summed E-state index contributed by atoms with van der Waals surface area (Å²) in [5, 5.41) is 0. The molecule has 2 aromatic carbocycles. The third-order valence-corrected chi connectivity index (χ3v) is 5.18. The number of aromatic nitrogens is 1. The number of aryl methyl sites for hydroxylation is 2. The lowest BCUT2D eigenvalue weighted by atomic mass is 10.0. The Bertz CT molecular complexity index is 1210. The van der Waals surface area contributed by atoms with E-state index in [9.17, 15) is 27.2 Å². The van der Waals surface area contributed by atoms with Crippen LogP contribution in [0.2, 0.25) is 0 Å². The van der Waals surface area contributed by atoms with Crippen LogP contribution < -0.4 is 15.4 Å². The van der Waals surface area contributed by atoms with Crippen molar-refractivity contribution in [2.75, 3.05) is 16.5 Å². The first kappa shape index (κ1) is 20.6. The third kappa shape index (κ3) is 3.67. The highest BCUT2D eigenvalue weighted by atomic mass is 19.4. The number of nitrogens with zero attached hydrogens (tertiary/aromatic N) is 2. The summed E-state index contributed by atoms with van der Waals surface area (Å²) in [6.45, 7) is 3.19. The number of benzene rings is 2. The van der Waals surface area contributed by atoms with E-state index in [2.05, 4.69) is 4.98 Å². The minimum absolute atomic E-state index is 0.0635. The molecule has 0 spiro atoms. The minimum Gasteiger partial charge on any atom is -0.327 e. The van der Waals surface area contributed by atoms with Gasteiger partial charge >= 0.3 is 6.18 Å². The van der Waals surface area contributed by atoms with Gasteiger partial charge in [0.25, 0.3) is 5.91 Å². The van der Waals surface area contributed by atoms with Crippen LogP contribution in [0.3, 0.4) is 0 Å². The predicted octanol–water partition coefficient (Wildman–Crippen LogP) is 4.91. The van der Waals surface area contributed by atoms with E-state index >= 15 is 0 Å². The van der Waals surface area contributed by atoms with Gasteiger partial charge in [0.15, 0.2) is 0 Å². The van der Waals surface area contributed by atoms with E-state index in [1.165, 1.54) is 35.4 Å². The summed E-state index contributed by atoms with van der Waals surface area (Å²) in [7, 11) is 0. The average molecular weight is 431 g/mol. The number of pyridine rings is 1. The monoisotopic (exact) mass is 431 g/mol. The summed E-state index contributed by atoms with van der Waals surface area (Å²) in [4.78, 5) is 29.9. The van der Waals surface area contributed by atoms with Crippen LogP contribution in [0.25, 0.3) is 0 Å². The van der Waals surface area contributed by atoms with E-state index in [1.807, 2.05) is 0 Å². The van der Waals surface area contributed by atoms with Crippen LogP contribution in [0, 0.1) is 19.7 Å². The number of alkyl halides is 3. The van der Waals surface area contributed by atoms with Crippen molar-refractivity contribution >= 4 is 23.0 Å². The summed E-state index contributed by atoms with van der Waals surface area (Å²) in [6, 6.07) is 8.21. The van der Waals surface area contributed by atoms with Gasteiger partial charge in [-0.15, -0.1) is 0 Å². The fraction of sp³-hybridized carbons (Fsp3) is 0.182. The van der Waals surface area contributed by atoms with Crippen LogP contribution in [-0.2, 0) is 6.18 Å². The second-order valence-corrected chi connectivity index (χ2v) is 7.33. The SMILES string of the molecule is Cc1cc(F)cc(C)c1N1CN(c2ccc(=O)[nH]c2)C(=O)c2ccc(C(F)(F)F)cc21. The number of anilines is 3. The summed E-state index contributed by atoms with van der Waals surface area (Å²) in [5.41, 5.74) is 0.797. The van der Waals surface area contributed by atoms with Crippen molar-refractivity contribution in [3.8, 4) is 0 Å². The normalized spacial score (nSPS) is 14.1. The number of fused-ring (bicyclic) bond motifs is 1. The molecule has 3 aromatic rings. The van der Waals surface area contributed by atoms with Gasteiger partial charge in [-0.3, -0.25) is 14.5 Å². The Balaban J connectivity index is 1.94. The Kier molecular flexibility index (Phi) is 4.83. The fourth-order valence-corrected chi connectivity index (χ4v) is 3.83. The maximum Gasteiger partial charge on any atom is 0.416 e. The van der Waals surface area contributed by atoms with Gasteiger partial charge in [0.2, 0.25) is 5.56 Å². The second kappa shape index (κ2) is 7.26. The Morgan fingerprint density at radius 2 is 1.61 bits per heavy atom. The van der Waals surface area contributed by atoms with Crippen LogP contribution in [0.1, 0.15) is 27.0 Å². The zero-order chi connectivity index (χ0) is 22.5. The highest BCUT2D eigenvalue weighted by molar-refractivity contribution is 6.12. The molecule has 0 radical (unpaired) electrons. The summed E-state index contributed by atoms with van der Waals surface area (Å²) < 4.78 is 54.0. The number of carbonyl (C=O) groups is 1. The fourth-order valence-electron chi connectivity index (χ4n) is 3.83. The van der Waals surface area contributed by atoms with Gasteiger partial charge in [-0.1, -0.05) is 0 Å². The second-order valence-electron chi connectivity index (χ2n) is 7.33. The molecule has 0 bridgehead atoms. The number of H-pyrrole nitrogens is 1. The van der Waals surface area contributed by atoms with E-state index in [1.54, 1.807) is 18.7 Å². The molecule has 0 fully saturated rings. The summed E-state index contributed by atoms with van der Waals surface area (Å²) >= 11 is 0. The number of amides is 1. The lowest BCUT2D eigenvalue weighted by Crippen LogP contribution is -2.45. The molecule has 160 valence electrons. The first-order valence-corrected chi connectivity index (χ1v) is 9.32. The van der Waals surface area contributed by atoms with Crippen molar-refractivity contribution in [1.29, 1.82) is 0 Å². The summed E-state index contributed by atoms with van der Waals surface area (Å²) in [6.07, 6.45) is -3.23. The van der Waals surface area contributed by atoms with E-state index < -0.39 is 23.5 Å². The number of hydrogen-bond acceptors (Lipinski definition) is 3. The molecule has 0 unspecified atom stereocenters. The standard InChI is InChI=1S/C22H17F4N3O2/c1-12-7-15(23)8-13(2)20(12)29-11-28(16-4-6-19(30)27-10-16)21(31)17-5-3-14(9-18(17)29)22(24,25)26/h3-10H,11H2,1-2H3,(H,27,30). The van der Waals surface area contributed by atoms with Gasteiger partial charge in [0.05, 0.1) is 22.5 Å². The molecule has 1 N–H and O–H groups in total. The number of nitrogens with one attached hydrogen (secondary N) is 1. The van der Waals surface area contributed by atoms with Crippen molar-refractivity contribution in [2.24, 2.45) is 0 Å². The number of rotatable bonds is 2. The highest BCUT2D eigenvalue weighted by Gasteiger charge is 2.37. The molecular weight excluding hydrogens is 414 g/mol. The van der Waals surface area contributed by atoms with Gasteiger partial charge in [-0.05, 0) is 61.4 Å². The third-order valence-electron chi connectivity index (χ3n) is 5.18. The highest BCUT2D eigenvalue weighted by Crippen LogP contribution is 2.41. The largest absolute Gasteiger partial charge is 0.416 e. The lowest BCUT2D eigenvalue weighted by molar-refractivity contribution is -0.137. The Labute approximate surface area is 174 Å². The topological polar surface area (TPSA) is 56.4 Å². The molecule has 1 aliphatic rings. The zero-order valence-electron chi connectivity index (χ0n) is 16.5. The van der Waals surface area contributed by atoms with Gasteiger partial charge < -0.3 is 9.88 Å². The van der Waals surface area contributed by atoms with Crippen LogP contribution in [-0.4, -0.2) is 17.6 Å². The molecule has 1 aromatic heterocycles. The maximum absolute atomic E-state index is 13.9. The Morgan fingerprint density at radius 3 is 2.19 bits per heavy atom. The van der Waals surface area contributed by atoms with Crippen LogP contribution in [0.5, 0.6) is 0 Å². The van der Waals surface area contributed by atoms with Gasteiger partial charge in [0.1, 0.15) is 12.5 Å². The molecule has 1 amide bonds. The molecule has 0 saturated carbocycles. The number of aromatic amines is 1. The number of carbonyl (C=O) groups excluding carboxylic acids is 1. The average Bonchev–Trinajstić information content (AvgIpc) is 2.69. The van der Waals surface area contributed by atoms with Gasteiger partial charge in [-0.2, -0.15) is 13.2 Å². The van der Waals surface area contributed by atoms with E-state index in [0.717, 1.165) is 18.2 Å². The van der Waals surface area contributed by atoms with Gasteiger partial charge in [0, 0.05) is 18.0 Å². The van der Waals surface area contributed by atoms with Crippen LogP contribution in [0.4, 0.5) is 34.6 Å². The van der Waals surface area contributed by atoms with Crippen molar-refractivity contribution in [2.45, 2.75) is 20.0 Å².